The summed E-state index contributed by atoms with van der Waals surface area (Å²) in [6, 6.07) is 0. The third kappa shape index (κ3) is 3.90. The summed E-state index contributed by atoms with van der Waals surface area (Å²) in [6.07, 6.45) is 0. The Hall–Kier alpha value is 0.110. The van der Waals surface area contributed by atoms with E-state index in [0.29, 0.717) is 27.6 Å². The van der Waals surface area contributed by atoms with E-state index >= 15 is 0 Å². The van der Waals surface area contributed by atoms with E-state index in [1.807, 2.05) is 45.2 Å². The molecule has 0 aromatic heterocycles. The molecule has 116 valence electrons. The van der Waals surface area contributed by atoms with Gasteiger partial charge in [0.15, 0.2) is 0 Å². The van der Waals surface area contributed by atoms with E-state index in [1.54, 1.807) is 7.05 Å². The van der Waals surface area contributed by atoms with Gasteiger partial charge in [-0.15, -0.1) is 0 Å². The molecule has 1 aromatic carbocycles. The molecule has 0 saturated carbocycles. The molecule has 0 heterocycles. The molecule has 0 aliphatic heterocycles. The number of carbonyl (C=O) groups excluding carboxylic acids is 2. The van der Waals surface area contributed by atoms with Gasteiger partial charge in [0.05, 0.1) is 34.3 Å². The number of nitrogens with zero attached hydrogens (tertiary/aromatic N) is 1. The highest BCUT2D eigenvalue weighted by Crippen LogP contribution is 2.39. The van der Waals surface area contributed by atoms with Crippen LogP contribution in [-0.4, -0.2) is 37.1 Å². The molecule has 0 radical (unpaired) electrons. The highest BCUT2D eigenvalue weighted by Gasteiger charge is 2.27. The van der Waals surface area contributed by atoms with Crippen LogP contribution < -0.4 is 16.0 Å². The molecule has 1 rings (SSSR count). The normalized spacial score (nSPS) is 10.4. The summed E-state index contributed by atoms with van der Waals surface area (Å²) in [5, 5.41) is 11.7. The molecular weight excluding hydrogens is 615 g/mol. The first-order chi connectivity index (χ1) is 9.77. The fourth-order valence-corrected chi connectivity index (χ4v) is 6.00. The fourth-order valence-electron chi connectivity index (χ4n) is 1.76. The van der Waals surface area contributed by atoms with Gasteiger partial charge in [-0.3, -0.25) is 9.59 Å². The molecule has 21 heavy (non-hydrogen) atoms. The maximum atomic E-state index is 12.1. The second-order valence-corrected chi connectivity index (χ2v) is 7.29. The smallest absolute Gasteiger partial charge is 0.253 e. The summed E-state index contributed by atoms with van der Waals surface area (Å²) < 4.78 is 1.98. The number of nitrogens with two attached hydrogens (primary N) is 1. The Bertz CT molecular complexity index is 593. The molecular formula is C12H14I3N3O3. The molecule has 6 nitrogen and oxygen atoms in total. The van der Waals surface area contributed by atoms with Crippen molar-refractivity contribution in [1.29, 1.82) is 0 Å². The van der Waals surface area contributed by atoms with Crippen LogP contribution in [0.3, 0.4) is 0 Å². The number of anilines is 2. The third-order valence-corrected chi connectivity index (χ3v) is 6.02. The Morgan fingerprint density at radius 1 is 1.24 bits per heavy atom. The van der Waals surface area contributed by atoms with Gasteiger partial charge in [0.2, 0.25) is 5.91 Å². The number of hydrogen-bond acceptors (Lipinski definition) is 4. The third-order valence-electron chi connectivity index (χ3n) is 2.76. The van der Waals surface area contributed by atoms with Gasteiger partial charge in [0.1, 0.15) is 0 Å². The number of hydrogen-bond donors (Lipinski definition) is 3. The van der Waals surface area contributed by atoms with E-state index < -0.39 is 0 Å². The van der Waals surface area contributed by atoms with Gasteiger partial charge >= 0.3 is 0 Å². The number of carbonyl (C=O) groups is 2. The van der Waals surface area contributed by atoms with Crippen LogP contribution in [0.25, 0.3) is 0 Å². The second-order valence-electron chi connectivity index (χ2n) is 4.05. The van der Waals surface area contributed by atoms with Gasteiger partial charge in [-0.25, -0.2) is 0 Å². The lowest BCUT2D eigenvalue weighted by molar-refractivity contribution is -0.116. The zero-order valence-electron chi connectivity index (χ0n) is 11.3. The number of aliphatic hydroxyl groups is 1. The lowest BCUT2D eigenvalue weighted by atomic mass is 10.1. The Kier molecular flexibility index (Phi) is 7.39. The van der Waals surface area contributed by atoms with Crippen molar-refractivity contribution in [3.63, 3.8) is 0 Å². The van der Waals surface area contributed by atoms with Crippen LogP contribution in [0.1, 0.15) is 17.3 Å². The minimum atomic E-state index is -0.263. The summed E-state index contributed by atoms with van der Waals surface area (Å²) in [5.41, 5.74) is 7.54. The van der Waals surface area contributed by atoms with Crippen molar-refractivity contribution in [2.75, 3.05) is 30.8 Å². The lowest BCUT2D eigenvalue weighted by Gasteiger charge is -2.26. The maximum Gasteiger partial charge on any atom is 0.253 e. The van der Waals surface area contributed by atoms with Crippen molar-refractivity contribution >= 4 is 91.0 Å². The summed E-state index contributed by atoms with van der Waals surface area (Å²) in [5.74, 6) is -0.482. The van der Waals surface area contributed by atoms with E-state index in [-0.39, 0.29) is 25.0 Å². The van der Waals surface area contributed by atoms with Gasteiger partial charge in [-0.05, 0) is 67.8 Å². The monoisotopic (exact) mass is 629 g/mol. The van der Waals surface area contributed by atoms with Crippen LogP contribution in [0, 0.1) is 10.7 Å². The number of rotatable bonds is 4. The number of halogens is 3. The zero-order valence-corrected chi connectivity index (χ0v) is 17.8. The van der Waals surface area contributed by atoms with Crippen molar-refractivity contribution in [3.8, 4) is 0 Å². The highest BCUT2D eigenvalue weighted by molar-refractivity contribution is 14.1. The van der Waals surface area contributed by atoms with Crippen molar-refractivity contribution in [2.45, 2.75) is 6.92 Å². The number of nitrogen functional groups attached to an aromatic ring is 1. The van der Waals surface area contributed by atoms with Crippen molar-refractivity contribution in [3.05, 3.63) is 16.3 Å². The van der Waals surface area contributed by atoms with Crippen LogP contribution in [0.2, 0.25) is 0 Å². The van der Waals surface area contributed by atoms with Gasteiger partial charge in [0, 0.05) is 20.5 Å². The topological polar surface area (TPSA) is 95.7 Å². The molecule has 0 spiro atoms. The molecule has 0 unspecified atom stereocenters. The first-order valence-corrected chi connectivity index (χ1v) is 9.08. The van der Waals surface area contributed by atoms with Crippen molar-refractivity contribution in [2.24, 2.45) is 0 Å². The number of aliphatic hydroxyl groups excluding tert-OH is 1. The van der Waals surface area contributed by atoms with Crippen LogP contribution in [0.15, 0.2) is 0 Å². The van der Waals surface area contributed by atoms with Gasteiger partial charge in [0.25, 0.3) is 5.91 Å². The number of benzene rings is 1. The number of nitrogens with one attached hydrogen (secondary N) is 1. The minimum absolute atomic E-state index is 0.147. The highest BCUT2D eigenvalue weighted by atomic mass is 127. The summed E-state index contributed by atoms with van der Waals surface area (Å²) in [6.45, 7) is 1.39. The van der Waals surface area contributed by atoms with Gasteiger partial charge < -0.3 is 21.1 Å². The Labute approximate surface area is 163 Å². The summed E-state index contributed by atoms with van der Waals surface area (Å²) in [4.78, 5) is 25.4. The first-order valence-electron chi connectivity index (χ1n) is 5.84. The Balaban J connectivity index is 3.69. The standard InChI is InChI=1S/C12H14I3N3O3/c1-5(20)18(3-4-19)11-8(14)6(12(21)17-2)7(13)10(16)9(11)15/h19H,3-4,16H2,1-2H3,(H,17,21). The summed E-state index contributed by atoms with van der Waals surface area (Å²) >= 11 is 6.11. The maximum absolute atomic E-state index is 12.1. The average Bonchev–Trinajstić information content (AvgIpc) is 2.43. The van der Waals surface area contributed by atoms with Crippen molar-refractivity contribution in [1.82, 2.24) is 5.32 Å². The van der Waals surface area contributed by atoms with Crippen LogP contribution >= 0.6 is 67.8 Å². The van der Waals surface area contributed by atoms with Gasteiger partial charge in [-0.1, -0.05) is 0 Å². The first kappa shape index (κ1) is 19.2. The van der Waals surface area contributed by atoms with Crippen LogP contribution in [0.5, 0.6) is 0 Å². The van der Waals surface area contributed by atoms with E-state index in [9.17, 15) is 9.59 Å². The molecule has 0 saturated heterocycles. The molecule has 9 heteroatoms. The van der Waals surface area contributed by atoms with Crippen LogP contribution in [-0.2, 0) is 4.79 Å². The Morgan fingerprint density at radius 2 is 1.81 bits per heavy atom. The Morgan fingerprint density at radius 3 is 2.24 bits per heavy atom. The predicted octanol–water partition coefficient (Wildman–Crippen LogP) is 1.79. The fraction of sp³-hybridized carbons (Fsp3) is 0.333. The molecule has 0 fully saturated rings. The molecule has 1 aromatic rings. The van der Waals surface area contributed by atoms with Gasteiger partial charge in [-0.2, -0.15) is 0 Å². The van der Waals surface area contributed by atoms with Crippen molar-refractivity contribution < 1.29 is 14.7 Å². The largest absolute Gasteiger partial charge is 0.397 e. The summed E-state index contributed by atoms with van der Waals surface area (Å²) in [7, 11) is 1.54. The van der Waals surface area contributed by atoms with E-state index in [2.05, 4.69) is 27.9 Å². The van der Waals surface area contributed by atoms with E-state index in [4.69, 9.17) is 10.8 Å². The lowest BCUT2D eigenvalue weighted by Crippen LogP contribution is -2.34. The average molecular weight is 629 g/mol. The minimum Gasteiger partial charge on any atom is -0.397 e. The molecule has 0 aliphatic carbocycles. The van der Waals surface area contributed by atoms with Crippen LogP contribution in [0.4, 0.5) is 11.4 Å². The SMILES string of the molecule is CNC(=O)c1c(I)c(N)c(I)c(N(CCO)C(C)=O)c1I. The zero-order chi connectivity index (χ0) is 16.3. The number of amides is 2. The molecule has 4 N–H and O–H groups in total. The predicted molar refractivity (Wildman–Crippen MR) is 108 cm³/mol. The second kappa shape index (κ2) is 8.10. The molecule has 2 amide bonds. The quantitative estimate of drug-likeness (QED) is 0.350. The van der Waals surface area contributed by atoms with E-state index in [1.165, 1.54) is 11.8 Å². The van der Waals surface area contributed by atoms with E-state index in [0.717, 1.165) is 0 Å². The molecule has 0 aliphatic rings. The molecule has 0 atom stereocenters. The molecule has 0 bridgehead atoms.